The summed E-state index contributed by atoms with van der Waals surface area (Å²) in [5.74, 6) is 0.173. The van der Waals surface area contributed by atoms with Crippen LogP contribution in [0.25, 0.3) is 0 Å². The van der Waals surface area contributed by atoms with Crippen molar-refractivity contribution < 1.29 is 13.5 Å². The molecule has 0 amide bonds. The van der Waals surface area contributed by atoms with E-state index in [9.17, 15) is 8.78 Å². The number of alkyl halides is 2. The third kappa shape index (κ3) is 4.70. The summed E-state index contributed by atoms with van der Waals surface area (Å²) in [4.78, 5) is 0. The van der Waals surface area contributed by atoms with E-state index < -0.39 is 6.61 Å². The molecule has 0 aliphatic rings. The van der Waals surface area contributed by atoms with Crippen molar-refractivity contribution in [3.8, 4) is 5.75 Å². The summed E-state index contributed by atoms with van der Waals surface area (Å²) in [6.07, 6.45) is 0.933. The van der Waals surface area contributed by atoms with E-state index in [-0.39, 0.29) is 5.75 Å². The highest BCUT2D eigenvalue weighted by Crippen LogP contribution is 2.22. The molecule has 2 rings (SSSR count). The minimum absolute atomic E-state index is 0.173. The number of aryl methyl sites for hydroxylation is 1. The van der Waals surface area contributed by atoms with Crippen molar-refractivity contribution in [1.29, 1.82) is 0 Å². The molecule has 21 heavy (non-hydrogen) atoms. The first-order valence-electron chi connectivity index (χ1n) is 6.64. The number of hydrogen-bond acceptors (Lipinski definition) is 2. The van der Waals surface area contributed by atoms with Gasteiger partial charge < -0.3 is 10.1 Å². The highest BCUT2D eigenvalue weighted by Gasteiger charge is 2.04. The van der Waals surface area contributed by atoms with E-state index in [0.717, 1.165) is 22.1 Å². The summed E-state index contributed by atoms with van der Waals surface area (Å²) in [6, 6.07) is 12.7. The molecule has 0 bridgehead atoms. The second kappa shape index (κ2) is 7.41. The lowest BCUT2D eigenvalue weighted by Gasteiger charge is -2.12. The molecule has 5 heteroatoms. The average molecular weight is 356 g/mol. The number of ether oxygens (including phenoxy) is 1. The largest absolute Gasteiger partial charge is 0.435 e. The van der Waals surface area contributed by atoms with Crippen LogP contribution >= 0.6 is 15.9 Å². The van der Waals surface area contributed by atoms with Gasteiger partial charge in [0.1, 0.15) is 5.75 Å². The fourth-order valence-corrected chi connectivity index (χ4v) is 2.42. The monoisotopic (exact) mass is 355 g/mol. The molecule has 0 spiro atoms. The molecule has 0 aliphatic heterocycles. The second-order valence-electron chi connectivity index (χ2n) is 4.53. The normalized spacial score (nSPS) is 10.7. The van der Waals surface area contributed by atoms with Crippen molar-refractivity contribution in [2.75, 3.05) is 5.32 Å². The van der Waals surface area contributed by atoms with Gasteiger partial charge in [0.05, 0.1) is 0 Å². The average Bonchev–Trinajstić information content (AvgIpc) is 2.46. The third-order valence-electron chi connectivity index (χ3n) is 3.08. The Morgan fingerprint density at radius 3 is 2.48 bits per heavy atom. The molecule has 2 nitrogen and oxygen atoms in total. The molecular weight excluding hydrogens is 340 g/mol. The molecule has 0 aromatic heterocycles. The van der Waals surface area contributed by atoms with Crippen LogP contribution in [0.2, 0.25) is 0 Å². The Kier molecular flexibility index (Phi) is 5.56. The smallest absolute Gasteiger partial charge is 0.387 e. The van der Waals surface area contributed by atoms with E-state index in [1.807, 2.05) is 12.1 Å². The Hall–Kier alpha value is -1.62. The second-order valence-corrected chi connectivity index (χ2v) is 5.45. The number of halogens is 3. The van der Waals surface area contributed by atoms with Gasteiger partial charge in [-0.15, -0.1) is 0 Å². The van der Waals surface area contributed by atoms with Crippen LogP contribution in [0.4, 0.5) is 14.5 Å². The van der Waals surface area contributed by atoms with Gasteiger partial charge in [0.15, 0.2) is 0 Å². The van der Waals surface area contributed by atoms with Gasteiger partial charge >= 0.3 is 6.61 Å². The topological polar surface area (TPSA) is 21.3 Å². The standard InChI is InChI=1S/C16H16BrF2NO/c1-2-12-9-13(17)5-8-15(12)20-10-11-3-6-14(7-4-11)21-16(18)19/h3-9,16,20H,2,10H2,1H3. The van der Waals surface area contributed by atoms with Crippen molar-refractivity contribution in [3.63, 3.8) is 0 Å². The van der Waals surface area contributed by atoms with Crippen LogP contribution in [0.1, 0.15) is 18.1 Å². The molecule has 112 valence electrons. The summed E-state index contributed by atoms with van der Waals surface area (Å²) >= 11 is 3.46. The van der Waals surface area contributed by atoms with E-state index in [1.165, 1.54) is 5.56 Å². The lowest BCUT2D eigenvalue weighted by atomic mass is 10.1. The zero-order valence-electron chi connectivity index (χ0n) is 11.6. The van der Waals surface area contributed by atoms with E-state index >= 15 is 0 Å². The highest BCUT2D eigenvalue weighted by molar-refractivity contribution is 9.10. The van der Waals surface area contributed by atoms with E-state index in [2.05, 4.69) is 39.0 Å². The molecule has 0 saturated carbocycles. The van der Waals surface area contributed by atoms with Crippen LogP contribution in [-0.2, 0) is 13.0 Å². The molecule has 0 radical (unpaired) electrons. The van der Waals surface area contributed by atoms with Gasteiger partial charge in [-0.25, -0.2) is 0 Å². The molecule has 0 atom stereocenters. The molecule has 0 saturated heterocycles. The van der Waals surface area contributed by atoms with Crippen LogP contribution in [0.5, 0.6) is 5.75 Å². The Morgan fingerprint density at radius 2 is 1.86 bits per heavy atom. The lowest BCUT2D eigenvalue weighted by Crippen LogP contribution is -2.04. The lowest BCUT2D eigenvalue weighted by molar-refractivity contribution is -0.0498. The summed E-state index contributed by atoms with van der Waals surface area (Å²) in [5.41, 5.74) is 3.30. The maximum atomic E-state index is 12.1. The number of hydrogen-bond donors (Lipinski definition) is 1. The van der Waals surface area contributed by atoms with Crippen molar-refractivity contribution >= 4 is 21.6 Å². The molecule has 0 heterocycles. The Bertz CT molecular complexity index is 587. The predicted molar refractivity (Wildman–Crippen MR) is 83.9 cm³/mol. The SMILES string of the molecule is CCc1cc(Br)ccc1NCc1ccc(OC(F)F)cc1. The highest BCUT2D eigenvalue weighted by atomic mass is 79.9. The van der Waals surface area contributed by atoms with Crippen LogP contribution in [-0.4, -0.2) is 6.61 Å². The third-order valence-corrected chi connectivity index (χ3v) is 3.57. The minimum atomic E-state index is -2.79. The van der Waals surface area contributed by atoms with Crippen molar-refractivity contribution in [2.45, 2.75) is 26.5 Å². The fraction of sp³-hybridized carbons (Fsp3) is 0.250. The van der Waals surface area contributed by atoms with Gasteiger partial charge in [-0.2, -0.15) is 8.78 Å². The Labute approximate surface area is 131 Å². The first kappa shape index (κ1) is 15.8. The van der Waals surface area contributed by atoms with Gasteiger partial charge in [-0.1, -0.05) is 35.0 Å². The van der Waals surface area contributed by atoms with Crippen molar-refractivity contribution in [2.24, 2.45) is 0 Å². The van der Waals surface area contributed by atoms with Crippen LogP contribution in [0.3, 0.4) is 0 Å². The number of rotatable bonds is 6. The molecule has 1 N–H and O–H groups in total. The first-order valence-corrected chi connectivity index (χ1v) is 7.44. The maximum Gasteiger partial charge on any atom is 0.387 e. The molecule has 2 aromatic carbocycles. The molecule has 0 unspecified atom stereocenters. The summed E-state index contributed by atoms with van der Waals surface area (Å²) in [6.45, 7) is -0.0589. The van der Waals surface area contributed by atoms with Crippen molar-refractivity contribution in [3.05, 3.63) is 58.1 Å². The molecule has 2 aromatic rings. The number of nitrogens with one attached hydrogen (secondary N) is 1. The summed E-state index contributed by atoms with van der Waals surface area (Å²) in [5, 5.41) is 3.36. The van der Waals surface area contributed by atoms with Gasteiger partial charge in [0, 0.05) is 16.7 Å². The van der Waals surface area contributed by atoms with Crippen LogP contribution < -0.4 is 10.1 Å². The minimum Gasteiger partial charge on any atom is -0.435 e. The van der Waals surface area contributed by atoms with Crippen LogP contribution in [0, 0.1) is 0 Å². The number of benzene rings is 2. The quantitative estimate of drug-likeness (QED) is 0.766. The van der Waals surface area contributed by atoms with Gasteiger partial charge in [0.25, 0.3) is 0 Å². The van der Waals surface area contributed by atoms with Crippen LogP contribution in [0.15, 0.2) is 46.9 Å². The predicted octanol–water partition coefficient (Wildman–Crippen LogP) is 5.23. The summed E-state index contributed by atoms with van der Waals surface area (Å²) in [7, 11) is 0. The van der Waals surface area contributed by atoms with E-state index in [4.69, 9.17) is 0 Å². The zero-order valence-corrected chi connectivity index (χ0v) is 13.2. The van der Waals surface area contributed by atoms with Gasteiger partial charge in [-0.05, 0) is 47.9 Å². The van der Waals surface area contributed by atoms with E-state index in [0.29, 0.717) is 6.54 Å². The molecule has 0 aliphatic carbocycles. The fourth-order valence-electron chi connectivity index (χ4n) is 2.01. The molecular formula is C16H16BrF2NO. The summed E-state index contributed by atoms with van der Waals surface area (Å²) < 4.78 is 29.5. The number of anilines is 1. The van der Waals surface area contributed by atoms with E-state index in [1.54, 1.807) is 24.3 Å². The van der Waals surface area contributed by atoms with Gasteiger partial charge in [-0.3, -0.25) is 0 Å². The Morgan fingerprint density at radius 1 is 1.14 bits per heavy atom. The Balaban J connectivity index is 2.00. The van der Waals surface area contributed by atoms with Crippen molar-refractivity contribution in [1.82, 2.24) is 0 Å². The molecule has 0 fully saturated rings. The maximum absolute atomic E-state index is 12.1. The zero-order chi connectivity index (χ0) is 15.2. The first-order chi connectivity index (χ1) is 10.1. The van der Waals surface area contributed by atoms with Gasteiger partial charge in [0.2, 0.25) is 0 Å².